The molecule has 0 saturated carbocycles. The molecular weight excluding hydrogens is 340 g/mol. The van der Waals surface area contributed by atoms with Gasteiger partial charge in [-0.1, -0.05) is 26.7 Å². The van der Waals surface area contributed by atoms with Crippen LogP contribution < -0.4 is 5.32 Å². The van der Waals surface area contributed by atoms with E-state index in [1.54, 1.807) is 0 Å². The first-order valence-corrected chi connectivity index (χ1v) is 11.2. The first-order chi connectivity index (χ1) is 13.2. The molecule has 0 aromatic rings. The van der Waals surface area contributed by atoms with Crippen molar-refractivity contribution < 1.29 is 9.47 Å². The fourth-order valence-corrected chi connectivity index (χ4v) is 4.38. The molecule has 2 fully saturated rings. The lowest BCUT2D eigenvalue weighted by atomic mass is 9.92. The topological polar surface area (TPSA) is 49.3 Å². The summed E-state index contributed by atoms with van der Waals surface area (Å²) in [4.78, 5) is 10.1. The van der Waals surface area contributed by atoms with Crippen LogP contribution in [0.2, 0.25) is 0 Å². The maximum absolute atomic E-state index is 5.80. The minimum atomic E-state index is 0.416. The van der Waals surface area contributed by atoms with Crippen LogP contribution in [0.5, 0.6) is 0 Å². The Hall–Kier alpha value is -0.850. The fraction of sp³-hybridized carbons (Fsp3) is 0.952. The molecule has 27 heavy (non-hydrogen) atoms. The van der Waals surface area contributed by atoms with Crippen LogP contribution in [0.1, 0.15) is 53.4 Å². The van der Waals surface area contributed by atoms with Crippen LogP contribution >= 0.6 is 0 Å². The summed E-state index contributed by atoms with van der Waals surface area (Å²) in [6.45, 7) is 17.3. The van der Waals surface area contributed by atoms with Crippen molar-refractivity contribution in [2.45, 2.75) is 65.5 Å². The van der Waals surface area contributed by atoms with Crippen molar-refractivity contribution in [1.82, 2.24) is 15.1 Å². The quantitative estimate of drug-likeness (QED) is 0.491. The number of nitrogens with zero attached hydrogens (tertiary/aromatic N) is 3. The summed E-state index contributed by atoms with van der Waals surface area (Å²) in [6.07, 6.45) is 5.03. The summed E-state index contributed by atoms with van der Waals surface area (Å²) in [6, 6.07) is 0.513. The van der Waals surface area contributed by atoms with Crippen molar-refractivity contribution in [2.75, 3.05) is 59.1 Å². The highest BCUT2D eigenvalue weighted by Crippen LogP contribution is 2.21. The van der Waals surface area contributed by atoms with E-state index in [9.17, 15) is 0 Å². The molecule has 2 aliphatic rings. The summed E-state index contributed by atoms with van der Waals surface area (Å²) < 4.78 is 11.4. The summed E-state index contributed by atoms with van der Waals surface area (Å²) in [5.41, 5.74) is 0. The Morgan fingerprint density at radius 2 is 1.74 bits per heavy atom. The number of aliphatic imine (C=N–C) groups is 1. The summed E-state index contributed by atoms with van der Waals surface area (Å²) in [5.74, 6) is 1.77. The number of piperidine rings is 1. The maximum Gasteiger partial charge on any atom is 0.193 e. The molecule has 2 heterocycles. The minimum Gasteiger partial charge on any atom is -0.379 e. The third-order valence-corrected chi connectivity index (χ3v) is 6.01. The van der Waals surface area contributed by atoms with Gasteiger partial charge in [-0.3, -0.25) is 9.89 Å². The molecule has 2 saturated heterocycles. The van der Waals surface area contributed by atoms with Gasteiger partial charge in [0.05, 0.1) is 25.9 Å². The number of nitrogens with one attached hydrogen (secondary N) is 1. The molecule has 0 radical (unpaired) electrons. The maximum atomic E-state index is 5.80. The van der Waals surface area contributed by atoms with Crippen molar-refractivity contribution >= 4 is 5.96 Å². The smallest absolute Gasteiger partial charge is 0.193 e. The van der Waals surface area contributed by atoms with Crippen LogP contribution in [-0.4, -0.2) is 87.0 Å². The Balaban J connectivity index is 2.02. The Bertz CT molecular complexity index is 414. The zero-order valence-electron chi connectivity index (χ0n) is 18.1. The monoisotopic (exact) mass is 382 g/mol. The molecule has 2 rings (SSSR count). The Morgan fingerprint density at radius 1 is 1.07 bits per heavy atom. The van der Waals surface area contributed by atoms with E-state index in [0.29, 0.717) is 18.1 Å². The zero-order valence-corrected chi connectivity index (χ0v) is 18.1. The predicted octanol–water partition coefficient (Wildman–Crippen LogP) is 2.59. The summed E-state index contributed by atoms with van der Waals surface area (Å²) in [5, 5.41) is 3.52. The van der Waals surface area contributed by atoms with Crippen molar-refractivity contribution in [1.29, 1.82) is 0 Å². The molecule has 0 aromatic heterocycles. The number of hydrogen-bond acceptors (Lipinski definition) is 4. The number of ether oxygens (including phenoxy) is 2. The Morgan fingerprint density at radius 3 is 2.30 bits per heavy atom. The van der Waals surface area contributed by atoms with E-state index < -0.39 is 0 Å². The lowest BCUT2D eigenvalue weighted by molar-refractivity contribution is 0.00379. The van der Waals surface area contributed by atoms with Crippen molar-refractivity contribution in [3.8, 4) is 0 Å². The summed E-state index contributed by atoms with van der Waals surface area (Å²) in [7, 11) is 0. The van der Waals surface area contributed by atoms with Gasteiger partial charge in [0.2, 0.25) is 0 Å². The van der Waals surface area contributed by atoms with Gasteiger partial charge in [0.1, 0.15) is 0 Å². The molecule has 2 aliphatic heterocycles. The number of hydrogen-bond donors (Lipinski definition) is 1. The van der Waals surface area contributed by atoms with Gasteiger partial charge in [-0.2, -0.15) is 0 Å². The van der Waals surface area contributed by atoms with Gasteiger partial charge in [-0.05, 0) is 32.6 Å². The average molecular weight is 383 g/mol. The van der Waals surface area contributed by atoms with Crippen LogP contribution in [0.3, 0.4) is 0 Å². The lowest BCUT2D eigenvalue weighted by Crippen LogP contribution is -2.50. The molecular formula is C21H42N4O2. The van der Waals surface area contributed by atoms with Crippen LogP contribution in [-0.2, 0) is 9.47 Å². The predicted molar refractivity (Wildman–Crippen MR) is 112 cm³/mol. The molecule has 1 atom stereocenters. The van der Waals surface area contributed by atoms with Crippen LogP contribution in [0, 0.1) is 5.92 Å². The molecule has 0 bridgehead atoms. The molecule has 158 valence electrons. The minimum absolute atomic E-state index is 0.416. The molecule has 6 heteroatoms. The van der Waals surface area contributed by atoms with E-state index >= 15 is 0 Å². The van der Waals surface area contributed by atoms with Gasteiger partial charge in [0, 0.05) is 45.4 Å². The average Bonchev–Trinajstić information content (AvgIpc) is 2.72. The molecule has 0 aliphatic carbocycles. The van der Waals surface area contributed by atoms with Crippen LogP contribution in [0.4, 0.5) is 0 Å². The van der Waals surface area contributed by atoms with Gasteiger partial charge < -0.3 is 19.7 Å². The highest BCUT2D eigenvalue weighted by Gasteiger charge is 2.28. The van der Waals surface area contributed by atoms with Gasteiger partial charge in [-0.15, -0.1) is 0 Å². The van der Waals surface area contributed by atoms with Crippen molar-refractivity contribution in [3.63, 3.8) is 0 Å². The van der Waals surface area contributed by atoms with Gasteiger partial charge in [0.15, 0.2) is 5.96 Å². The van der Waals surface area contributed by atoms with Crippen molar-refractivity contribution in [2.24, 2.45) is 10.9 Å². The van der Waals surface area contributed by atoms with Gasteiger partial charge in [-0.25, -0.2) is 0 Å². The normalized spacial score (nSPS) is 21.7. The molecule has 0 amide bonds. The van der Waals surface area contributed by atoms with Crippen molar-refractivity contribution in [3.05, 3.63) is 0 Å². The highest BCUT2D eigenvalue weighted by atomic mass is 16.5. The first-order valence-electron chi connectivity index (χ1n) is 11.2. The molecule has 1 unspecified atom stereocenters. The highest BCUT2D eigenvalue weighted by molar-refractivity contribution is 5.80. The number of morpholine rings is 1. The first kappa shape index (κ1) is 22.4. The summed E-state index contributed by atoms with van der Waals surface area (Å²) >= 11 is 0. The second-order valence-corrected chi connectivity index (χ2v) is 7.63. The zero-order chi connectivity index (χ0) is 19.5. The van der Waals surface area contributed by atoms with E-state index in [1.165, 1.54) is 12.8 Å². The number of guanidine groups is 1. The van der Waals surface area contributed by atoms with E-state index in [0.717, 1.165) is 77.9 Å². The van der Waals surface area contributed by atoms with Crippen LogP contribution in [0.25, 0.3) is 0 Å². The molecule has 1 N–H and O–H groups in total. The van der Waals surface area contributed by atoms with E-state index in [1.807, 2.05) is 0 Å². The third kappa shape index (κ3) is 6.91. The molecule has 6 nitrogen and oxygen atoms in total. The second kappa shape index (κ2) is 12.6. The number of rotatable bonds is 9. The van der Waals surface area contributed by atoms with Gasteiger partial charge >= 0.3 is 0 Å². The fourth-order valence-electron chi connectivity index (χ4n) is 4.38. The Kier molecular flexibility index (Phi) is 10.5. The second-order valence-electron chi connectivity index (χ2n) is 7.63. The van der Waals surface area contributed by atoms with E-state index in [-0.39, 0.29) is 0 Å². The molecule has 0 spiro atoms. The van der Waals surface area contributed by atoms with Gasteiger partial charge in [0.25, 0.3) is 0 Å². The molecule has 0 aromatic carbocycles. The van der Waals surface area contributed by atoms with E-state index in [4.69, 9.17) is 14.5 Å². The Labute approximate surface area is 166 Å². The standard InChI is InChI=1S/C21H42N4O2/c1-5-18(6-2)20(24-13-15-26-16-14-24)17-23-21(22-7-3)25-11-9-19(10-12-25)27-8-4/h18-20H,5-17H2,1-4H3,(H,22,23). The SMILES string of the molecule is CCNC(=NCC(C(CC)CC)N1CCOCC1)N1CCC(OCC)CC1. The van der Waals surface area contributed by atoms with E-state index in [2.05, 4.69) is 42.8 Å². The van der Waals surface area contributed by atoms with Crippen LogP contribution in [0.15, 0.2) is 4.99 Å². The lowest BCUT2D eigenvalue weighted by Gasteiger charge is -2.38. The number of likely N-dealkylation sites (tertiary alicyclic amines) is 1. The largest absolute Gasteiger partial charge is 0.379 e. The third-order valence-electron chi connectivity index (χ3n) is 6.01.